The van der Waals surface area contributed by atoms with Gasteiger partial charge in [-0.15, -0.1) is 0 Å². The van der Waals surface area contributed by atoms with Gasteiger partial charge in [0, 0.05) is 17.6 Å². The predicted molar refractivity (Wildman–Crippen MR) is 122 cm³/mol. The van der Waals surface area contributed by atoms with Crippen molar-refractivity contribution in [3.63, 3.8) is 0 Å². The number of aromatic nitrogens is 1. The minimum atomic E-state index is -0.629. The molecule has 0 aliphatic rings. The number of fused-ring (bicyclic) bond motifs is 1. The molecule has 3 aromatic rings. The Labute approximate surface area is 191 Å². The number of nitrogens with zero attached hydrogens (tertiary/aromatic N) is 1. The summed E-state index contributed by atoms with van der Waals surface area (Å²) < 4.78 is 15.9. The molecule has 33 heavy (non-hydrogen) atoms. The average molecular weight is 450 g/mol. The first-order valence-corrected chi connectivity index (χ1v) is 10.4. The number of carbonyl (C=O) groups is 3. The van der Waals surface area contributed by atoms with Gasteiger partial charge in [0.15, 0.2) is 6.61 Å². The summed E-state index contributed by atoms with van der Waals surface area (Å²) in [6.45, 7) is 4.94. The van der Waals surface area contributed by atoms with Crippen molar-refractivity contribution in [2.75, 3.05) is 13.2 Å². The molecule has 8 heteroatoms. The summed E-state index contributed by atoms with van der Waals surface area (Å²) in [5, 5.41) is 3.14. The lowest BCUT2D eigenvalue weighted by atomic mass is 10.1. The number of rotatable bonds is 8. The van der Waals surface area contributed by atoms with Crippen LogP contribution in [0.2, 0.25) is 0 Å². The van der Waals surface area contributed by atoms with E-state index in [1.807, 2.05) is 30.3 Å². The third kappa shape index (κ3) is 7.31. The first kappa shape index (κ1) is 23.7. The molecule has 0 aliphatic heterocycles. The van der Waals surface area contributed by atoms with Crippen LogP contribution in [0, 0.1) is 0 Å². The third-order valence-electron chi connectivity index (χ3n) is 4.37. The molecule has 3 rings (SSSR count). The van der Waals surface area contributed by atoms with Crippen LogP contribution < -0.4 is 10.1 Å². The Morgan fingerprint density at radius 2 is 1.73 bits per heavy atom. The summed E-state index contributed by atoms with van der Waals surface area (Å²) >= 11 is 0. The molecule has 0 saturated carbocycles. The molecule has 0 unspecified atom stereocenters. The van der Waals surface area contributed by atoms with Crippen molar-refractivity contribution in [1.82, 2.24) is 10.3 Å². The quantitative estimate of drug-likeness (QED) is 0.525. The van der Waals surface area contributed by atoms with E-state index in [0.29, 0.717) is 22.2 Å². The van der Waals surface area contributed by atoms with Crippen molar-refractivity contribution in [2.24, 2.45) is 0 Å². The molecule has 8 nitrogen and oxygen atoms in total. The molecular weight excluding hydrogens is 424 g/mol. The second-order valence-electron chi connectivity index (χ2n) is 8.24. The van der Waals surface area contributed by atoms with Gasteiger partial charge < -0.3 is 19.5 Å². The summed E-state index contributed by atoms with van der Waals surface area (Å²) in [5.41, 5.74) is 1.13. The van der Waals surface area contributed by atoms with Gasteiger partial charge in [0.05, 0.1) is 11.1 Å². The Morgan fingerprint density at radius 1 is 0.970 bits per heavy atom. The van der Waals surface area contributed by atoms with E-state index in [9.17, 15) is 14.4 Å². The lowest BCUT2D eigenvalue weighted by Crippen LogP contribution is -2.34. The molecule has 1 amide bonds. The van der Waals surface area contributed by atoms with E-state index in [1.54, 1.807) is 45.0 Å². The van der Waals surface area contributed by atoms with E-state index < -0.39 is 23.4 Å². The summed E-state index contributed by atoms with van der Waals surface area (Å²) in [6, 6.07) is 15.9. The Morgan fingerprint density at radius 3 is 2.45 bits per heavy atom. The molecule has 2 aromatic carbocycles. The zero-order chi connectivity index (χ0) is 23.8. The van der Waals surface area contributed by atoms with Crippen molar-refractivity contribution in [3.05, 3.63) is 71.9 Å². The van der Waals surface area contributed by atoms with Gasteiger partial charge in [-0.05, 0) is 44.5 Å². The average Bonchev–Trinajstić information content (AvgIpc) is 2.78. The van der Waals surface area contributed by atoms with Crippen molar-refractivity contribution in [3.8, 4) is 5.75 Å². The van der Waals surface area contributed by atoms with Crippen LogP contribution in [0.3, 0.4) is 0 Å². The van der Waals surface area contributed by atoms with E-state index in [4.69, 9.17) is 14.2 Å². The Hall–Kier alpha value is -3.94. The van der Waals surface area contributed by atoms with Gasteiger partial charge in [-0.1, -0.05) is 30.3 Å². The van der Waals surface area contributed by atoms with Gasteiger partial charge >= 0.3 is 11.9 Å². The highest BCUT2D eigenvalue weighted by molar-refractivity contribution is 6.06. The summed E-state index contributed by atoms with van der Waals surface area (Å²) in [7, 11) is 0. The van der Waals surface area contributed by atoms with E-state index in [1.165, 1.54) is 6.20 Å². The minimum Gasteiger partial charge on any atom is -0.482 e. The third-order valence-corrected chi connectivity index (χ3v) is 4.37. The molecule has 0 bridgehead atoms. The maximum absolute atomic E-state index is 12.6. The first-order valence-electron chi connectivity index (χ1n) is 10.4. The monoisotopic (exact) mass is 450 g/mol. The summed E-state index contributed by atoms with van der Waals surface area (Å²) in [4.78, 5) is 40.7. The minimum absolute atomic E-state index is 0.171. The topological polar surface area (TPSA) is 104 Å². The fourth-order valence-corrected chi connectivity index (χ4v) is 2.96. The number of benzene rings is 2. The molecule has 1 heterocycles. The SMILES string of the molecule is CC(C)(C)OC(=O)CNC(=O)c1ccnc2cc(OCC(=O)OCc3ccccc3)ccc12. The molecule has 1 N–H and O–H groups in total. The zero-order valence-electron chi connectivity index (χ0n) is 18.8. The van der Waals surface area contributed by atoms with E-state index in [2.05, 4.69) is 10.3 Å². The lowest BCUT2D eigenvalue weighted by Gasteiger charge is -2.19. The molecule has 0 spiro atoms. The predicted octanol–water partition coefficient (Wildman–Crippen LogP) is 3.43. The van der Waals surface area contributed by atoms with Crippen molar-refractivity contribution >= 4 is 28.7 Å². The highest BCUT2D eigenvalue weighted by atomic mass is 16.6. The first-order chi connectivity index (χ1) is 15.7. The Balaban J connectivity index is 1.58. The number of esters is 2. The maximum Gasteiger partial charge on any atom is 0.344 e. The fourth-order valence-electron chi connectivity index (χ4n) is 2.96. The van der Waals surface area contributed by atoms with E-state index in [0.717, 1.165) is 5.56 Å². The van der Waals surface area contributed by atoms with Crippen LogP contribution in [0.15, 0.2) is 60.8 Å². The Bertz CT molecular complexity index is 1140. The summed E-state index contributed by atoms with van der Waals surface area (Å²) in [6.07, 6.45) is 1.49. The van der Waals surface area contributed by atoms with Crippen LogP contribution in [0.25, 0.3) is 10.9 Å². The van der Waals surface area contributed by atoms with Gasteiger partial charge in [-0.25, -0.2) is 4.79 Å². The number of ether oxygens (including phenoxy) is 3. The van der Waals surface area contributed by atoms with Crippen molar-refractivity contribution in [2.45, 2.75) is 33.0 Å². The van der Waals surface area contributed by atoms with Gasteiger partial charge in [-0.3, -0.25) is 14.6 Å². The molecular formula is C25H26N2O6. The lowest BCUT2D eigenvalue weighted by molar-refractivity contribution is -0.153. The molecule has 172 valence electrons. The normalized spacial score (nSPS) is 11.0. The number of amides is 1. The highest BCUT2D eigenvalue weighted by Crippen LogP contribution is 2.22. The highest BCUT2D eigenvalue weighted by Gasteiger charge is 2.18. The van der Waals surface area contributed by atoms with E-state index in [-0.39, 0.29) is 19.8 Å². The second kappa shape index (κ2) is 10.6. The maximum atomic E-state index is 12.6. The number of pyridine rings is 1. The van der Waals surface area contributed by atoms with Gasteiger partial charge in [0.25, 0.3) is 5.91 Å². The number of carbonyl (C=O) groups excluding carboxylic acids is 3. The standard InChI is InChI=1S/C25H26N2O6/c1-25(2,3)33-22(28)14-27-24(30)20-11-12-26-21-13-18(9-10-19(20)21)31-16-23(29)32-15-17-7-5-4-6-8-17/h4-13H,14-16H2,1-3H3,(H,27,30). The molecule has 0 radical (unpaired) electrons. The van der Waals surface area contributed by atoms with Gasteiger partial charge in [-0.2, -0.15) is 0 Å². The molecule has 0 atom stereocenters. The largest absolute Gasteiger partial charge is 0.482 e. The summed E-state index contributed by atoms with van der Waals surface area (Å²) in [5.74, 6) is -1.03. The van der Waals surface area contributed by atoms with Gasteiger partial charge in [0.1, 0.15) is 24.5 Å². The van der Waals surface area contributed by atoms with Crippen LogP contribution in [0.1, 0.15) is 36.7 Å². The number of hydrogen-bond donors (Lipinski definition) is 1. The van der Waals surface area contributed by atoms with E-state index >= 15 is 0 Å². The Kier molecular flexibility index (Phi) is 7.61. The van der Waals surface area contributed by atoms with Crippen LogP contribution >= 0.6 is 0 Å². The number of nitrogens with one attached hydrogen (secondary N) is 1. The molecule has 0 saturated heterocycles. The smallest absolute Gasteiger partial charge is 0.344 e. The van der Waals surface area contributed by atoms with Crippen LogP contribution in [0.4, 0.5) is 0 Å². The van der Waals surface area contributed by atoms with Crippen LogP contribution in [0.5, 0.6) is 5.75 Å². The van der Waals surface area contributed by atoms with Crippen LogP contribution in [-0.4, -0.2) is 41.6 Å². The molecule has 0 fully saturated rings. The number of hydrogen-bond acceptors (Lipinski definition) is 7. The van der Waals surface area contributed by atoms with Crippen LogP contribution in [-0.2, 0) is 25.7 Å². The molecule has 0 aliphatic carbocycles. The molecule has 1 aromatic heterocycles. The van der Waals surface area contributed by atoms with Gasteiger partial charge in [0.2, 0.25) is 0 Å². The second-order valence-corrected chi connectivity index (χ2v) is 8.24. The van der Waals surface area contributed by atoms with Crippen molar-refractivity contribution < 1.29 is 28.6 Å². The fraction of sp³-hybridized carbons (Fsp3) is 0.280. The van der Waals surface area contributed by atoms with Crippen molar-refractivity contribution in [1.29, 1.82) is 0 Å². The zero-order valence-corrected chi connectivity index (χ0v) is 18.8.